The summed E-state index contributed by atoms with van der Waals surface area (Å²) in [5, 5.41) is 7.11. The molecule has 0 aliphatic heterocycles. The summed E-state index contributed by atoms with van der Waals surface area (Å²) < 4.78 is 18.4. The zero-order valence-electron chi connectivity index (χ0n) is 15.5. The van der Waals surface area contributed by atoms with Crippen molar-refractivity contribution in [1.29, 1.82) is 0 Å². The van der Waals surface area contributed by atoms with Gasteiger partial charge < -0.3 is 14.9 Å². The van der Waals surface area contributed by atoms with E-state index in [0.717, 1.165) is 11.2 Å². The number of carbonyl (C=O) groups excluding carboxylic acids is 1. The number of pyridine rings is 1. The van der Waals surface area contributed by atoms with Crippen LogP contribution < -0.4 is 10.5 Å². The molecule has 0 bridgehead atoms. The van der Waals surface area contributed by atoms with E-state index in [9.17, 15) is 8.68 Å². The smallest absolute Gasteiger partial charge is 0.252 e. The molecule has 3 N–H and O–H groups in total. The molecule has 150 valence electrons. The first kappa shape index (κ1) is 20.6. The minimum Gasteiger partial charge on any atom is -0.496 e. The number of amides is 1. The van der Waals surface area contributed by atoms with E-state index in [-0.39, 0.29) is 5.56 Å². The van der Waals surface area contributed by atoms with Gasteiger partial charge in [0.15, 0.2) is 10.6 Å². The van der Waals surface area contributed by atoms with Crippen LogP contribution in [0.5, 0.6) is 5.75 Å². The molecular weight excluding hydrogens is 415 g/mol. The summed E-state index contributed by atoms with van der Waals surface area (Å²) in [6, 6.07) is 9.04. The number of carbonyl (C=O) groups is 1. The number of thiol groups is 1. The lowest BCUT2D eigenvalue weighted by atomic mass is 10.1. The van der Waals surface area contributed by atoms with Crippen molar-refractivity contribution in [3.63, 3.8) is 0 Å². The van der Waals surface area contributed by atoms with E-state index in [1.807, 2.05) is 48.9 Å². The van der Waals surface area contributed by atoms with Crippen LogP contribution in [0.2, 0.25) is 0 Å². The predicted octanol–water partition coefficient (Wildman–Crippen LogP) is 3.46. The second-order valence-electron chi connectivity index (χ2n) is 6.03. The summed E-state index contributed by atoms with van der Waals surface area (Å²) in [7, 11) is 1.48. The molecule has 29 heavy (non-hydrogen) atoms. The topological polar surface area (TPSA) is 103 Å². The molecule has 4 rings (SSSR count). The molecule has 0 atom stereocenters. The number of hydrogen-bond acceptors (Lipinski definition) is 6. The number of halogens is 1. The highest BCUT2D eigenvalue weighted by molar-refractivity contribution is 7.74. The lowest BCUT2D eigenvalue weighted by Gasteiger charge is -2.10. The third-order valence-corrected chi connectivity index (χ3v) is 4.50. The van der Waals surface area contributed by atoms with E-state index in [1.54, 1.807) is 22.8 Å². The number of rotatable bonds is 4. The fraction of sp³-hybridized carbons (Fsp3) is 0.111. The number of fused-ring (bicyclic) bond motifs is 1. The third-order valence-electron chi connectivity index (χ3n) is 4.22. The number of aromatic nitrogens is 5. The summed E-state index contributed by atoms with van der Waals surface area (Å²) >= 11 is 7.42. The molecule has 8 nitrogen and oxygen atoms in total. The van der Waals surface area contributed by atoms with Gasteiger partial charge in [-0.05, 0) is 55.0 Å². The predicted molar refractivity (Wildman–Crippen MR) is 113 cm³/mol. The number of benzene rings is 1. The monoisotopic (exact) mass is 432 g/mol. The molecule has 0 fully saturated rings. The maximum Gasteiger partial charge on any atom is 0.252 e. The Morgan fingerprint density at radius 2 is 2.07 bits per heavy atom. The summed E-state index contributed by atoms with van der Waals surface area (Å²) in [5.41, 5.74) is 8.92. The largest absolute Gasteiger partial charge is 0.496 e. The molecule has 1 amide bonds. The molecular formula is C18H17FN6O2S2. The molecule has 0 unspecified atom stereocenters. The highest BCUT2D eigenvalue weighted by atomic mass is 32.1. The van der Waals surface area contributed by atoms with Gasteiger partial charge in [0.1, 0.15) is 17.1 Å². The second kappa shape index (κ2) is 8.45. The Morgan fingerprint density at radius 3 is 2.76 bits per heavy atom. The molecule has 0 radical (unpaired) electrons. The first-order valence-corrected chi connectivity index (χ1v) is 9.01. The standard InChI is InChI=1S/C18H16N6O2S.FHS/c1-10-5-6-23-9-13(20-15(23)7-10)17-21-22-18(27)24(17)11-3-4-14(26-2)12(8-11)16(19)25;1-2/h3-9H,1-2H3,(H2,19,25)(H,22,27);2H. The van der Waals surface area contributed by atoms with Crippen LogP contribution in [0.3, 0.4) is 0 Å². The first-order chi connectivity index (χ1) is 14.0. The maximum absolute atomic E-state index is 11.8. The normalized spacial score (nSPS) is 10.5. The van der Waals surface area contributed by atoms with Crippen LogP contribution in [0, 0.1) is 11.7 Å². The van der Waals surface area contributed by atoms with E-state index in [1.165, 1.54) is 7.11 Å². The lowest BCUT2D eigenvalue weighted by Crippen LogP contribution is -2.13. The van der Waals surface area contributed by atoms with E-state index < -0.39 is 5.91 Å². The zero-order chi connectivity index (χ0) is 21.1. The van der Waals surface area contributed by atoms with Gasteiger partial charge in [0.2, 0.25) is 0 Å². The second-order valence-corrected chi connectivity index (χ2v) is 6.42. The van der Waals surface area contributed by atoms with Gasteiger partial charge in [0.05, 0.1) is 18.4 Å². The molecule has 0 aliphatic rings. The summed E-state index contributed by atoms with van der Waals surface area (Å²) in [6.45, 7) is 2.01. The fourth-order valence-electron chi connectivity index (χ4n) is 2.93. The van der Waals surface area contributed by atoms with E-state index in [4.69, 9.17) is 22.7 Å². The Kier molecular flexibility index (Phi) is 5.99. The quantitative estimate of drug-likeness (QED) is 0.339. The highest BCUT2D eigenvalue weighted by Crippen LogP contribution is 2.26. The van der Waals surface area contributed by atoms with Gasteiger partial charge in [-0.25, -0.2) is 4.98 Å². The Hall–Kier alpha value is -3.18. The number of nitrogens with two attached hydrogens (primary N) is 1. The number of H-pyrrole nitrogens is 1. The lowest BCUT2D eigenvalue weighted by molar-refractivity contribution is 0.0997. The van der Waals surface area contributed by atoms with E-state index in [0.29, 0.717) is 27.7 Å². The Labute approximate surface area is 175 Å². The Morgan fingerprint density at radius 1 is 1.31 bits per heavy atom. The first-order valence-electron chi connectivity index (χ1n) is 8.26. The van der Waals surface area contributed by atoms with Gasteiger partial charge in [0.25, 0.3) is 5.91 Å². The van der Waals surface area contributed by atoms with Gasteiger partial charge in [-0.2, -0.15) is 8.98 Å². The van der Waals surface area contributed by atoms with Crippen molar-refractivity contribution >= 4 is 36.8 Å². The van der Waals surface area contributed by atoms with Crippen LogP contribution in [-0.2, 0) is 0 Å². The van der Waals surface area contributed by atoms with Crippen molar-refractivity contribution in [3.8, 4) is 23.0 Å². The van der Waals surface area contributed by atoms with E-state index >= 15 is 0 Å². The number of aryl methyl sites for hydroxylation is 1. The number of aromatic amines is 1. The van der Waals surface area contributed by atoms with E-state index in [2.05, 4.69) is 15.2 Å². The van der Waals surface area contributed by atoms with Crippen molar-refractivity contribution in [2.24, 2.45) is 5.73 Å². The van der Waals surface area contributed by atoms with Crippen LogP contribution in [0.15, 0.2) is 42.7 Å². The number of hydrogen-bond donors (Lipinski definition) is 3. The SMILES string of the molecule is COc1ccc(-n2c(-c3cn4ccc(C)cc4n3)n[nH]c2=S)cc1C(N)=O.FS. The molecule has 0 spiro atoms. The van der Waals surface area contributed by atoms with Gasteiger partial charge in [-0.1, -0.05) is 0 Å². The molecule has 3 aromatic heterocycles. The molecule has 4 aromatic rings. The summed E-state index contributed by atoms with van der Waals surface area (Å²) in [6.07, 6.45) is 3.81. The summed E-state index contributed by atoms with van der Waals surface area (Å²) in [4.78, 5) is 16.4. The molecule has 3 heterocycles. The molecule has 0 aliphatic carbocycles. The number of nitrogens with zero attached hydrogens (tertiary/aromatic N) is 4. The van der Waals surface area contributed by atoms with Crippen LogP contribution in [0.4, 0.5) is 3.89 Å². The Balaban J connectivity index is 0.00000117. The van der Waals surface area contributed by atoms with Crippen LogP contribution in [-0.4, -0.2) is 37.2 Å². The minimum absolute atomic E-state index is 0.259. The van der Waals surface area contributed by atoms with Crippen molar-refractivity contribution < 1.29 is 13.4 Å². The van der Waals surface area contributed by atoms with Crippen molar-refractivity contribution in [2.75, 3.05) is 7.11 Å². The molecule has 0 saturated carbocycles. The zero-order valence-corrected chi connectivity index (χ0v) is 17.2. The van der Waals surface area contributed by atoms with Gasteiger partial charge in [-0.15, -0.1) is 0 Å². The molecule has 0 saturated heterocycles. The number of ether oxygens (including phenoxy) is 1. The van der Waals surface area contributed by atoms with Gasteiger partial charge in [0, 0.05) is 25.4 Å². The summed E-state index contributed by atoms with van der Waals surface area (Å²) in [5.74, 6) is 0.335. The number of primary amides is 1. The van der Waals surface area contributed by atoms with Crippen molar-refractivity contribution in [1.82, 2.24) is 24.1 Å². The van der Waals surface area contributed by atoms with Crippen LogP contribution in [0.25, 0.3) is 22.9 Å². The van der Waals surface area contributed by atoms with Gasteiger partial charge >= 0.3 is 0 Å². The Bertz CT molecular complexity index is 1250. The van der Waals surface area contributed by atoms with Gasteiger partial charge in [-0.3, -0.25) is 14.5 Å². The average molecular weight is 433 g/mol. The fourth-order valence-corrected chi connectivity index (χ4v) is 3.16. The third kappa shape index (κ3) is 3.87. The van der Waals surface area contributed by atoms with Crippen LogP contribution in [0.1, 0.15) is 15.9 Å². The molecule has 11 heteroatoms. The average Bonchev–Trinajstić information content (AvgIpc) is 3.31. The van der Waals surface area contributed by atoms with Crippen molar-refractivity contribution in [3.05, 3.63) is 58.6 Å². The minimum atomic E-state index is -0.589. The number of methoxy groups -OCH3 is 1. The number of nitrogens with one attached hydrogen (secondary N) is 1. The number of imidazole rings is 1. The van der Waals surface area contributed by atoms with Crippen LogP contribution >= 0.6 is 25.2 Å². The highest BCUT2D eigenvalue weighted by Gasteiger charge is 2.17. The maximum atomic E-state index is 11.8. The molecule has 1 aromatic carbocycles. The van der Waals surface area contributed by atoms with Crippen molar-refractivity contribution in [2.45, 2.75) is 6.92 Å².